The van der Waals surface area contributed by atoms with E-state index >= 15 is 0 Å². The first-order chi connectivity index (χ1) is 9.54. The van der Waals surface area contributed by atoms with Gasteiger partial charge in [0.05, 0.1) is 7.11 Å². The van der Waals surface area contributed by atoms with Crippen LogP contribution >= 0.6 is 0 Å². The summed E-state index contributed by atoms with van der Waals surface area (Å²) in [6.07, 6.45) is 0. The third-order valence-corrected chi connectivity index (χ3v) is 5.14. The summed E-state index contributed by atoms with van der Waals surface area (Å²) in [5, 5.41) is 3.47. The number of methoxy groups -OCH3 is 1. The second kappa shape index (κ2) is 5.01. The molecule has 2 unspecified atom stereocenters. The minimum Gasteiger partial charge on any atom is -0.494 e. The van der Waals surface area contributed by atoms with Crippen LogP contribution in [0.25, 0.3) is 0 Å². The number of rotatable bonds is 3. The highest BCUT2D eigenvalue weighted by atomic mass is 19.1. The molecule has 0 aliphatic carbocycles. The topological polar surface area (TPSA) is 24.5 Å². The fraction of sp³-hybridized carbons (Fsp3) is 0.625. The SMILES string of the molecule is COc1cccc(CN2CC3CNCC3C2(C)C)c1F. The van der Waals surface area contributed by atoms with E-state index < -0.39 is 0 Å². The summed E-state index contributed by atoms with van der Waals surface area (Å²) in [6, 6.07) is 5.40. The van der Waals surface area contributed by atoms with Crippen LogP contribution in [0.15, 0.2) is 18.2 Å². The van der Waals surface area contributed by atoms with Crippen molar-refractivity contribution in [2.75, 3.05) is 26.7 Å². The monoisotopic (exact) mass is 278 g/mol. The Morgan fingerprint density at radius 2 is 2.20 bits per heavy atom. The van der Waals surface area contributed by atoms with Crippen molar-refractivity contribution in [1.29, 1.82) is 0 Å². The van der Waals surface area contributed by atoms with E-state index in [1.807, 2.05) is 12.1 Å². The van der Waals surface area contributed by atoms with Crippen molar-refractivity contribution < 1.29 is 9.13 Å². The number of fused-ring (bicyclic) bond motifs is 1. The zero-order chi connectivity index (χ0) is 14.3. The Hall–Kier alpha value is -1.13. The van der Waals surface area contributed by atoms with Crippen LogP contribution in [0.4, 0.5) is 4.39 Å². The Morgan fingerprint density at radius 1 is 1.40 bits per heavy atom. The van der Waals surface area contributed by atoms with Gasteiger partial charge in [0, 0.05) is 30.7 Å². The van der Waals surface area contributed by atoms with Crippen LogP contribution in [0.1, 0.15) is 19.4 Å². The standard InChI is InChI=1S/C16H23FN2O/c1-16(2)13-8-18-7-12(13)10-19(16)9-11-5-4-6-14(20-3)15(11)17/h4-6,12-13,18H,7-10H2,1-3H3. The number of likely N-dealkylation sites (tertiary alicyclic amines) is 1. The van der Waals surface area contributed by atoms with Gasteiger partial charge in [-0.25, -0.2) is 4.39 Å². The molecule has 0 radical (unpaired) electrons. The van der Waals surface area contributed by atoms with E-state index in [-0.39, 0.29) is 11.4 Å². The van der Waals surface area contributed by atoms with Gasteiger partial charge in [-0.3, -0.25) is 4.90 Å². The van der Waals surface area contributed by atoms with Crippen molar-refractivity contribution in [3.8, 4) is 5.75 Å². The van der Waals surface area contributed by atoms with Gasteiger partial charge >= 0.3 is 0 Å². The van der Waals surface area contributed by atoms with Gasteiger partial charge in [0.2, 0.25) is 0 Å². The van der Waals surface area contributed by atoms with E-state index in [4.69, 9.17) is 4.74 Å². The lowest BCUT2D eigenvalue weighted by Crippen LogP contribution is -2.44. The second-order valence-corrected chi connectivity index (χ2v) is 6.49. The molecule has 3 nitrogen and oxygen atoms in total. The highest BCUT2D eigenvalue weighted by Gasteiger charge is 2.49. The van der Waals surface area contributed by atoms with Gasteiger partial charge in [-0.15, -0.1) is 0 Å². The van der Waals surface area contributed by atoms with Gasteiger partial charge in [-0.2, -0.15) is 0 Å². The van der Waals surface area contributed by atoms with E-state index in [9.17, 15) is 4.39 Å². The molecule has 4 heteroatoms. The number of benzene rings is 1. The van der Waals surface area contributed by atoms with Crippen molar-refractivity contribution in [1.82, 2.24) is 10.2 Å². The molecule has 1 aromatic rings. The van der Waals surface area contributed by atoms with E-state index in [1.165, 1.54) is 7.11 Å². The fourth-order valence-electron chi connectivity index (χ4n) is 3.81. The molecule has 2 aliphatic rings. The Labute approximate surface area is 120 Å². The van der Waals surface area contributed by atoms with Crippen LogP contribution in [0, 0.1) is 17.7 Å². The van der Waals surface area contributed by atoms with Gasteiger partial charge in [0.25, 0.3) is 0 Å². The number of nitrogens with zero attached hydrogens (tertiary/aromatic N) is 1. The normalized spacial score (nSPS) is 28.6. The van der Waals surface area contributed by atoms with Crippen LogP contribution in [-0.4, -0.2) is 37.2 Å². The van der Waals surface area contributed by atoms with Gasteiger partial charge in [-0.1, -0.05) is 12.1 Å². The first-order valence-corrected chi connectivity index (χ1v) is 7.31. The molecule has 2 heterocycles. The Balaban J connectivity index is 1.82. The van der Waals surface area contributed by atoms with Crippen LogP contribution < -0.4 is 10.1 Å². The summed E-state index contributed by atoms with van der Waals surface area (Å²) in [7, 11) is 1.51. The molecule has 2 atom stereocenters. The molecule has 0 spiro atoms. The van der Waals surface area contributed by atoms with Gasteiger partial charge in [-0.05, 0) is 38.3 Å². The molecule has 1 N–H and O–H groups in total. The molecule has 110 valence electrons. The third kappa shape index (κ3) is 2.11. The highest BCUT2D eigenvalue weighted by molar-refractivity contribution is 5.31. The second-order valence-electron chi connectivity index (χ2n) is 6.49. The van der Waals surface area contributed by atoms with E-state index in [0.29, 0.717) is 24.1 Å². The molecular weight excluding hydrogens is 255 g/mol. The minimum absolute atomic E-state index is 0.115. The van der Waals surface area contributed by atoms with Crippen molar-refractivity contribution >= 4 is 0 Å². The molecule has 2 saturated heterocycles. The lowest BCUT2D eigenvalue weighted by atomic mass is 9.85. The summed E-state index contributed by atoms with van der Waals surface area (Å²) in [5.41, 5.74) is 0.842. The third-order valence-electron chi connectivity index (χ3n) is 5.14. The van der Waals surface area contributed by atoms with Crippen LogP contribution in [-0.2, 0) is 6.54 Å². The Bertz CT molecular complexity index is 503. The Morgan fingerprint density at radius 3 is 2.90 bits per heavy atom. The van der Waals surface area contributed by atoms with Crippen LogP contribution in [0.2, 0.25) is 0 Å². The zero-order valence-corrected chi connectivity index (χ0v) is 12.4. The number of ether oxygens (including phenoxy) is 1. The molecule has 0 bridgehead atoms. The smallest absolute Gasteiger partial charge is 0.169 e. The molecule has 2 fully saturated rings. The molecule has 0 saturated carbocycles. The maximum Gasteiger partial charge on any atom is 0.169 e. The molecule has 0 aromatic heterocycles. The van der Waals surface area contributed by atoms with E-state index in [1.54, 1.807) is 6.07 Å². The average Bonchev–Trinajstić information content (AvgIpc) is 2.96. The molecule has 20 heavy (non-hydrogen) atoms. The van der Waals surface area contributed by atoms with Crippen LogP contribution in [0.5, 0.6) is 5.75 Å². The number of hydrogen-bond acceptors (Lipinski definition) is 3. The number of nitrogens with one attached hydrogen (secondary N) is 1. The largest absolute Gasteiger partial charge is 0.494 e. The maximum absolute atomic E-state index is 14.3. The fourth-order valence-corrected chi connectivity index (χ4v) is 3.81. The van der Waals surface area contributed by atoms with E-state index in [0.717, 1.165) is 25.2 Å². The molecule has 2 aliphatic heterocycles. The summed E-state index contributed by atoms with van der Waals surface area (Å²) < 4.78 is 19.4. The predicted octanol–water partition coefficient (Wildman–Crippen LogP) is 2.26. The van der Waals surface area contributed by atoms with Gasteiger partial charge in [0.1, 0.15) is 0 Å². The highest BCUT2D eigenvalue weighted by Crippen LogP contribution is 2.41. The number of halogens is 1. The molecule has 3 rings (SSSR count). The van der Waals surface area contributed by atoms with Crippen molar-refractivity contribution in [2.45, 2.75) is 25.9 Å². The van der Waals surface area contributed by atoms with Crippen LogP contribution in [0.3, 0.4) is 0 Å². The van der Waals surface area contributed by atoms with Gasteiger partial charge < -0.3 is 10.1 Å². The molecule has 0 amide bonds. The number of hydrogen-bond donors (Lipinski definition) is 1. The molecule has 1 aromatic carbocycles. The van der Waals surface area contributed by atoms with Gasteiger partial charge in [0.15, 0.2) is 11.6 Å². The van der Waals surface area contributed by atoms with E-state index in [2.05, 4.69) is 24.1 Å². The lowest BCUT2D eigenvalue weighted by molar-refractivity contribution is 0.130. The summed E-state index contributed by atoms with van der Waals surface area (Å²) in [4.78, 5) is 2.42. The molecular formula is C16H23FN2O. The Kier molecular flexibility index (Phi) is 3.46. The quantitative estimate of drug-likeness (QED) is 0.918. The van der Waals surface area contributed by atoms with Crippen molar-refractivity contribution in [3.63, 3.8) is 0 Å². The zero-order valence-electron chi connectivity index (χ0n) is 12.4. The predicted molar refractivity (Wildman–Crippen MR) is 77.3 cm³/mol. The average molecular weight is 278 g/mol. The minimum atomic E-state index is -0.221. The first-order valence-electron chi connectivity index (χ1n) is 7.31. The summed E-state index contributed by atoms with van der Waals surface area (Å²) in [5.74, 6) is 1.47. The lowest BCUT2D eigenvalue weighted by Gasteiger charge is -2.35. The van der Waals surface area contributed by atoms with Crippen molar-refractivity contribution in [3.05, 3.63) is 29.6 Å². The maximum atomic E-state index is 14.3. The first kappa shape index (κ1) is 13.8. The summed E-state index contributed by atoms with van der Waals surface area (Å²) >= 11 is 0. The summed E-state index contributed by atoms with van der Waals surface area (Å²) in [6.45, 7) is 8.43. The van der Waals surface area contributed by atoms with Crippen molar-refractivity contribution in [2.24, 2.45) is 11.8 Å².